The second-order valence-corrected chi connectivity index (χ2v) is 5.97. The van der Waals surface area contributed by atoms with E-state index in [2.05, 4.69) is 21.2 Å². The molecule has 0 saturated carbocycles. The topological polar surface area (TPSA) is 38.3 Å². The fraction of sp³-hybridized carbons (Fsp3) is 0.235. The highest BCUT2D eigenvalue weighted by molar-refractivity contribution is 9.10. The van der Waals surface area contributed by atoms with Crippen LogP contribution >= 0.6 is 15.9 Å². The van der Waals surface area contributed by atoms with Crippen LogP contribution < -0.4 is 10.1 Å². The smallest absolute Gasteiger partial charge is 0.261 e. The maximum atomic E-state index is 13.0. The molecule has 0 radical (unpaired) electrons. The summed E-state index contributed by atoms with van der Waals surface area (Å²) < 4.78 is 31.9. The molecule has 0 aliphatic rings. The van der Waals surface area contributed by atoms with Gasteiger partial charge in [-0.2, -0.15) is 0 Å². The molecule has 1 amide bonds. The van der Waals surface area contributed by atoms with Crippen LogP contribution in [-0.4, -0.2) is 12.0 Å². The Kier molecular flexibility index (Phi) is 5.71. The van der Waals surface area contributed by atoms with Crippen LogP contribution in [0, 0.1) is 11.6 Å². The molecule has 3 nitrogen and oxygen atoms in total. The second-order valence-electron chi connectivity index (χ2n) is 5.12. The number of nitrogens with one attached hydrogen (secondary N) is 1. The first-order valence-corrected chi connectivity index (χ1v) is 7.83. The molecule has 2 rings (SSSR count). The van der Waals surface area contributed by atoms with Crippen molar-refractivity contribution in [2.75, 3.05) is 0 Å². The van der Waals surface area contributed by atoms with Gasteiger partial charge in [-0.3, -0.25) is 4.79 Å². The number of carbonyl (C=O) groups excluding carboxylic acids is 1. The van der Waals surface area contributed by atoms with Gasteiger partial charge in [0, 0.05) is 0 Å². The van der Waals surface area contributed by atoms with Gasteiger partial charge in [0.05, 0.1) is 10.5 Å². The molecular weight excluding hydrogens is 368 g/mol. The maximum Gasteiger partial charge on any atom is 0.261 e. The van der Waals surface area contributed by atoms with Gasteiger partial charge in [0.1, 0.15) is 17.4 Å². The largest absolute Gasteiger partial charge is 0.480 e. The summed E-state index contributed by atoms with van der Waals surface area (Å²) in [7, 11) is 0. The van der Waals surface area contributed by atoms with Gasteiger partial charge < -0.3 is 10.1 Å². The molecule has 0 fully saturated rings. The molecule has 0 aliphatic carbocycles. The molecule has 1 N–H and O–H groups in total. The van der Waals surface area contributed by atoms with Crippen LogP contribution in [0.3, 0.4) is 0 Å². The molecule has 122 valence electrons. The van der Waals surface area contributed by atoms with Crippen molar-refractivity contribution >= 4 is 21.8 Å². The van der Waals surface area contributed by atoms with E-state index >= 15 is 0 Å². The van der Waals surface area contributed by atoms with Crippen molar-refractivity contribution in [2.45, 2.75) is 26.0 Å². The van der Waals surface area contributed by atoms with Gasteiger partial charge >= 0.3 is 0 Å². The quantitative estimate of drug-likeness (QED) is 0.832. The number of ether oxygens (including phenoxy) is 1. The minimum atomic E-state index is -0.764. The van der Waals surface area contributed by atoms with Crippen LogP contribution in [0.1, 0.15) is 25.5 Å². The summed E-state index contributed by atoms with van der Waals surface area (Å²) >= 11 is 3.19. The van der Waals surface area contributed by atoms with Crippen LogP contribution in [-0.2, 0) is 4.79 Å². The zero-order chi connectivity index (χ0) is 17.0. The van der Waals surface area contributed by atoms with Crippen molar-refractivity contribution in [2.24, 2.45) is 0 Å². The summed E-state index contributed by atoms with van der Waals surface area (Å²) in [6.07, 6.45) is -0.764. The van der Waals surface area contributed by atoms with Crippen LogP contribution in [0.15, 0.2) is 46.9 Å². The van der Waals surface area contributed by atoms with Crippen molar-refractivity contribution in [3.05, 3.63) is 64.1 Å². The Morgan fingerprint density at radius 3 is 2.30 bits per heavy atom. The standard InChI is InChI=1S/C17H16BrF2NO2/c1-10(12-3-5-13(19)6-4-12)21-17(22)11(2)23-16-8-7-14(20)9-15(16)18/h3-11H,1-2H3,(H,21,22)/t10-,11-/m1/s1. The average molecular weight is 384 g/mol. The van der Waals surface area contributed by atoms with Crippen molar-refractivity contribution in [1.82, 2.24) is 5.32 Å². The zero-order valence-corrected chi connectivity index (χ0v) is 14.2. The highest BCUT2D eigenvalue weighted by Crippen LogP contribution is 2.26. The third-order valence-electron chi connectivity index (χ3n) is 3.30. The number of benzene rings is 2. The molecule has 2 atom stereocenters. The van der Waals surface area contributed by atoms with Crippen LogP contribution in [0.5, 0.6) is 5.75 Å². The first kappa shape index (κ1) is 17.4. The van der Waals surface area contributed by atoms with Gasteiger partial charge in [-0.25, -0.2) is 8.78 Å². The lowest BCUT2D eigenvalue weighted by molar-refractivity contribution is -0.127. The number of hydrogen-bond acceptors (Lipinski definition) is 2. The fourth-order valence-corrected chi connectivity index (χ4v) is 2.42. The Labute approximate surface area is 141 Å². The number of halogens is 3. The lowest BCUT2D eigenvalue weighted by Crippen LogP contribution is -2.37. The van der Waals surface area contributed by atoms with E-state index in [4.69, 9.17) is 4.74 Å². The minimum Gasteiger partial charge on any atom is -0.480 e. The van der Waals surface area contributed by atoms with Crippen molar-refractivity contribution in [1.29, 1.82) is 0 Å². The second kappa shape index (κ2) is 7.55. The van der Waals surface area contributed by atoms with Crippen LogP contribution in [0.4, 0.5) is 8.78 Å². The van der Waals surface area contributed by atoms with Gasteiger partial charge in [0.15, 0.2) is 6.10 Å². The normalized spacial score (nSPS) is 13.3. The molecule has 0 unspecified atom stereocenters. The first-order valence-electron chi connectivity index (χ1n) is 7.04. The Hall–Kier alpha value is -1.95. The molecule has 2 aromatic carbocycles. The number of hydrogen-bond donors (Lipinski definition) is 1. The van der Waals surface area contributed by atoms with Gasteiger partial charge in [0.2, 0.25) is 0 Å². The molecule has 0 saturated heterocycles. The average Bonchev–Trinajstić information content (AvgIpc) is 2.50. The Balaban J connectivity index is 1.98. The van der Waals surface area contributed by atoms with E-state index in [0.29, 0.717) is 10.2 Å². The first-order chi connectivity index (χ1) is 10.9. The lowest BCUT2D eigenvalue weighted by Gasteiger charge is -2.19. The summed E-state index contributed by atoms with van der Waals surface area (Å²) in [4.78, 5) is 12.2. The van der Waals surface area contributed by atoms with Gasteiger partial charge in [0.25, 0.3) is 5.91 Å². The predicted molar refractivity (Wildman–Crippen MR) is 87.1 cm³/mol. The van der Waals surface area contributed by atoms with Gasteiger partial charge in [-0.1, -0.05) is 12.1 Å². The molecule has 0 aromatic heterocycles. The van der Waals surface area contributed by atoms with E-state index in [1.165, 1.54) is 30.3 Å². The summed E-state index contributed by atoms with van der Waals surface area (Å²) in [5.74, 6) is -0.669. The molecule has 23 heavy (non-hydrogen) atoms. The number of amides is 1. The number of rotatable bonds is 5. The molecule has 6 heteroatoms. The number of carbonyl (C=O) groups is 1. The summed E-state index contributed by atoms with van der Waals surface area (Å²) in [6, 6.07) is 9.59. The van der Waals surface area contributed by atoms with Crippen LogP contribution in [0.2, 0.25) is 0 Å². The lowest BCUT2D eigenvalue weighted by atomic mass is 10.1. The predicted octanol–water partition coefficient (Wildman–Crippen LogP) is 4.37. The van der Waals surface area contributed by atoms with Crippen molar-refractivity contribution in [3.8, 4) is 5.75 Å². The summed E-state index contributed by atoms with van der Waals surface area (Å²) in [5.41, 5.74) is 0.787. The summed E-state index contributed by atoms with van der Waals surface area (Å²) in [6.45, 7) is 3.40. The van der Waals surface area contributed by atoms with Gasteiger partial charge in [-0.15, -0.1) is 0 Å². The highest BCUT2D eigenvalue weighted by Gasteiger charge is 2.18. The van der Waals surface area contributed by atoms with E-state index in [0.717, 1.165) is 5.56 Å². The van der Waals surface area contributed by atoms with Gasteiger partial charge in [-0.05, 0) is 65.7 Å². The Morgan fingerprint density at radius 2 is 1.70 bits per heavy atom. The summed E-state index contributed by atoms with van der Waals surface area (Å²) in [5, 5.41) is 2.79. The Morgan fingerprint density at radius 1 is 1.09 bits per heavy atom. The monoisotopic (exact) mass is 383 g/mol. The van der Waals surface area contributed by atoms with E-state index in [1.54, 1.807) is 26.0 Å². The zero-order valence-electron chi connectivity index (χ0n) is 12.6. The molecule has 0 bridgehead atoms. The van der Waals surface area contributed by atoms with E-state index < -0.39 is 11.9 Å². The minimum absolute atomic E-state index is 0.286. The SMILES string of the molecule is C[C@@H](Oc1ccc(F)cc1Br)C(=O)N[C@H](C)c1ccc(F)cc1. The molecular formula is C17H16BrF2NO2. The maximum absolute atomic E-state index is 13.0. The van der Waals surface area contributed by atoms with E-state index in [1.807, 2.05) is 0 Å². The third-order valence-corrected chi connectivity index (χ3v) is 3.92. The molecule has 0 spiro atoms. The molecule has 0 aliphatic heterocycles. The van der Waals surface area contributed by atoms with Crippen molar-refractivity contribution < 1.29 is 18.3 Å². The fourth-order valence-electron chi connectivity index (χ4n) is 1.98. The molecule has 2 aromatic rings. The van der Waals surface area contributed by atoms with E-state index in [9.17, 15) is 13.6 Å². The van der Waals surface area contributed by atoms with Crippen molar-refractivity contribution in [3.63, 3.8) is 0 Å². The highest BCUT2D eigenvalue weighted by atomic mass is 79.9. The molecule has 0 heterocycles. The third kappa shape index (κ3) is 4.76. The van der Waals surface area contributed by atoms with Crippen LogP contribution in [0.25, 0.3) is 0 Å². The van der Waals surface area contributed by atoms with E-state index in [-0.39, 0.29) is 17.8 Å². The Bertz CT molecular complexity index is 691.